The molecule has 0 radical (unpaired) electrons. The lowest BCUT2D eigenvalue weighted by Crippen LogP contribution is -2.41. The molecule has 0 saturated carbocycles. The van der Waals surface area contributed by atoms with Crippen LogP contribution >= 0.6 is 11.6 Å². The monoisotopic (exact) mass is 261 g/mol. The normalized spacial score (nSPS) is 24.9. The fraction of sp³-hybridized carbons (Fsp3) is 0.833. The molecular formula is C12H20ClNO3. The van der Waals surface area contributed by atoms with E-state index in [2.05, 4.69) is 0 Å². The molecule has 98 valence electrons. The first-order valence-electron chi connectivity index (χ1n) is 5.76. The lowest BCUT2D eigenvalue weighted by Gasteiger charge is -2.27. The van der Waals surface area contributed by atoms with Gasteiger partial charge in [0.2, 0.25) is 5.91 Å². The third-order valence-electron chi connectivity index (χ3n) is 3.32. The highest BCUT2D eigenvalue weighted by Crippen LogP contribution is 2.29. The van der Waals surface area contributed by atoms with Crippen molar-refractivity contribution in [3.8, 4) is 0 Å². The molecule has 0 bridgehead atoms. The maximum atomic E-state index is 12.2. The van der Waals surface area contributed by atoms with Crippen LogP contribution in [0.5, 0.6) is 0 Å². The number of carbonyl (C=O) groups is 2. The lowest BCUT2D eigenvalue weighted by molar-refractivity contribution is -0.146. The molecule has 4 nitrogen and oxygen atoms in total. The van der Waals surface area contributed by atoms with E-state index in [1.165, 1.54) is 7.11 Å². The molecule has 1 rings (SSSR count). The summed E-state index contributed by atoms with van der Waals surface area (Å²) in [5.74, 6) is -0.0330. The molecular weight excluding hydrogens is 242 g/mol. The van der Waals surface area contributed by atoms with Crippen molar-refractivity contribution in [2.45, 2.75) is 20.8 Å². The Kier molecular flexibility index (Phi) is 4.42. The topological polar surface area (TPSA) is 46.6 Å². The van der Waals surface area contributed by atoms with Gasteiger partial charge >= 0.3 is 5.97 Å². The standard InChI is InChI=1S/C12H20ClNO3/c1-8-5-14(6-9(8)10(15)17-4)11(16)12(2,3)7-13/h8-9H,5-7H2,1-4H3. The number of carbonyl (C=O) groups excluding carboxylic acids is 2. The molecule has 5 heteroatoms. The molecule has 1 amide bonds. The molecule has 0 aromatic heterocycles. The summed E-state index contributed by atoms with van der Waals surface area (Å²) in [4.78, 5) is 25.4. The predicted molar refractivity (Wildman–Crippen MR) is 65.8 cm³/mol. The molecule has 17 heavy (non-hydrogen) atoms. The van der Waals surface area contributed by atoms with E-state index in [1.54, 1.807) is 4.90 Å². The zero-order valence-electron chi connectivity index (χ0n) is 10.8. The summed E-state index contributed by atoms with van der Waals surface area (Å²) in [6, 6.07) is 0. The van der Waals surface area contributed by atoms with Crippen LogP contribution in [0.3, 0.4) is 0 Å². The first-order valence-corrected chi connectivity index (χ1v) is 6.30. The van der Waals surface area contributed by atoms with Gasteiger partial charge in [-0.05, 0) is 19.8 Å². The Bertz CT molecular complexity index is 317. The van der Waals surface area contributed by atoms with Crippen LogP contribution in [0.15, 0.2) is 0 Å². The summed E-state index contributed by atoms with van der Waals surface area (Å²) in [6.07, 6.45) is 0. The van der Waals surface area contributed by atoms with Crippen molar-refractivity contribution in [2.75, 3.05) is 26.1 Å². The second kappa shape index (κ2) is 5.25. The Morgan fingerprint density at radius 2 is 2.00 bits per heavy atom. The molecule has 2 unspecified atom stereocenters. The number of alkyl halides is 1. The summed E-state index contributed by atoms with van der Waals surface area (Å²) in [6.45, 7) is 6.63. The minimum absolute atomic E-state index is 0.00533. The quantitative estimate of drug-likeness (QED) is 0.572. The Morgan fingerprint density at radius 1 is 1.41 bits per heavy atom. The minimum atomic E-state index is -0.577. The van der Waals surface area contributed by atoms with Gasteiger partial charge in [0.25, 0.3) is 0 Å². The van der Waals surface area contributed by atoms with E-state index in [1.807, 2.05) is 20.8 Å². The van der Waals surface area contributed by atoms with Gasteiger partial charge in [-0.2, -0.15) is 0 Å². The highest BCUT2D eigenvalue weighted by atomic mass is 35.5. The van der Waals surface area contributed by atoms with Crippen molar-refractivity contribution in [1.82, 2.24) is 4.90 Å². The first-order chi connectivity index (χ1) is 7.83. The fourth-order valence-electron chi connectivity index (χ4n) is 2.08. The number of hydrogen-bond acceptors (Lipinski definition) is 3. The van der Waals surface area contributed by atoms with Crippen molar-refractivity contribution in [2.24, 2.45) is 17.3 Å². The Hall–Kier alpha value is -0.770. The largest absolute Gasteiger partial charge is 0.469 e. The SMILES string of the molecule is COC(=O)C1CN(C(=O)C(C)(C)CCl)CC1C. The van der Waals surface area contributed by atoms with Crippen LogP contribution in [0, 0.1) is 17.3 Å². The number of likely N-dealkylation sites (tertiary alicyclic amines) is 1. The second-order valence-electron chi connectivity index (χ2n) is 5.33. The van der Waals surface area contributed by atoms with Gasteiger partial charge in [-0.25, -0.2) is 0 Å². The van der Waals surface area contributed by atoms with E-state index in [4.69, 9.17) is 16.3 Å². The number of hydrogen-bond donors (Lipinski definition) is 0. The molecule has 2 atom stereocenters. The highest BCUT2D eigenvalue weighted by Gasteiger charge is 2.41. The summed E-state index contributed by atoms with van der Waals surface area (Å²) in [5, 5.41) is 0. The number of esters is 1. The van der Waals surface area contributed by atoms with Crippen molar-refractivity contribution in [1.29, 1.82) is 0 Å². The van der Waals surface area contributed by atoms with E-state index >= 15 is 0 Å². The summed E-state index contributed by atoms with van der Waals surface area (Å²) in [5.41, 5.74) is -0.577. The van der Waals surface area contributed by atoms with Crippen LogP contribution in [0.25, 0.3) is 0 Å². The number of ether oxygens (including phenoxy) is 1. The van der Waals surface area contributed by atoms with Gasteiger partial charge in [0.15, 0.2) is 0 Å². The van der Waals surface area contributed by atoms with Gasteiger partial charge in [0.1, 0.15) is 0 Å². The molecule has 0 aromatic carbocycles. The fourth-order valence-corrected chi connectivity index (χ4v) is 2.19. The van der Waals surface area contributed by atoms with Crippen LogP contribution in [0.4, 0.5) is 0 Å². The molecule has 1 aliphatic rings. The average Bonchev–Trinajstić information content (AvgIpc) is 2.69. The van der Waals surface area contributed by atoms with Crippen LogP contribution < -0.4 is 0 Å². The molecule has 1 heterocycles. The predicted octanol–water partition coefficient (Wildman–Crippen LogP) is 1.52. The van der Waals surface area contributed by atoms with Gasteiger partial charge in [-0.3, -0.25) is 9.59 Å². The van der Waals surface area contributed by atoms with Crippen molar-refractivity contribution >= 4 is 23.5 Å². The van der Waals surface area contributed by atoms with E-state index < -0.39 is 5.41 Å². The molecule has 1 saturated heterocycles. The van der Waals surface area contributed by atoms with Crippen molar-refractivity contribution < 1.29 is 14.3 Å². The van der Waals surface area contributed by atoms with E-state index in [0.717, 1.165) is 0 Å². The molecule has 0 spiro atoms. The van der Waals surface area contributed by atoms with E-state index in [-0.39, 0.29) is 29.6 Å². The van der Waals surface area contributed by atoms with Crippen molar-refractivity contribution in [3.05, 3.63) is 0 Å². The molecule has 0 aliphatic carbocycles. The summed E-state index contributed by atoms with van der Waals surface area (Å²) < 4.78 is 4.74. The summed E-state index contributed by atoms with van der Waals surface area (Å²) >= 11 is 5.79. The number of amides is 1. The molecule has 1 aliphatic heterocycles. The first kappa shape index (κ1) is 14.3. The second-order valence-corrected chi connectivity index (χ2v) is 5.60. The third-order valence-corrected chi connectivity index (χ3v) is 3.98. The number of methoxy groups -OCH3 is 1. The van der Waals surface area contributed by atoms with Gasteiger partial charge in [0.05, 0.1) is 18.4 Å². The molecule has 0 N–H and O–H groups in total. The van der Waals surface area contributed by atoms with Crippen LogP contribution in [-0.2, 0) is 14.3 Å². The lowest BCUT2D eigenvalue weighted by atomic mass is 9.94. The number of rotatable bonds is 3. The molecule has 0 aromatic rings. The number of nitrogens with zero attached hydrogens (tertiary/aromatic N) is 1. The maximum absolute atomic E-state index is 12.2. The Labute approximate surface area is 107 Å². The van der Waals surface area contributed by atoms with Gasteiger partial charge in [-0.1, -0.05) is 6.92 Å². The Balaban J connectivity index is 2.72. The van der Waals surface area contributed by atoms with Gasteiger partial charge in [0, 0.05) is 19.0 Å². The van der Waals surface area contributed by atoms with E-state index in [0.29, 0.717) is 13.1 Å². The van der Waals surface area contributed by atoms with Crippen molar-refractivity contribution in [3.63, 3.8) is 0 Å². The smallest absolute Gasteiger partial charge is 0.310 e. The average molecular weight is 262 g/mol. The molecule has 1 fully saturated rings. The Morgan fingerprint density at radius 3 is 2.47 bits per heavy atom. The highest BCUT2D eigenvalue weighted by molar-refractivity contribution is 6.19. The van der Waals surface area contributed by atoms with E-state index in [9.17, 15) is 9.59 Å². The van der Waals surface area contributed by atoms with Crippen LogP contribution in [0.1, 0.15) is 20.8 Å². The van der Waals surface area contributed by atoms with Gasteiger partial charge in [-0.15, -0.1) is 11.6 Å². The maximum Gasteiger partial charge on any atom is 0.310 e. The summed E-state index contributed by atoms with van der Waals surface area (Å²) in [7, 11) is 1.38. The zero-order chi connectivity index (χ0) is 13.2. The number of halogens is 1. The third kappa shape index (κ3) is 2.92. The zero-order valence-corrected chi connectivity index (χ0v) is 11.6. The van der Waals surface area contributed by atoms with Crippen LogP contribution in [-0.4, -0.2) is 42.9 Å². The van der Waals surface area contributed by atoms with Gasteiger partial charge < -0.3 is 9.64 Å². The van der Waals surface area contributed by atoms with Crippen LogP contribution in [0.2, 0.25) is 0 Å². The minimum Gasteiger partial charge on any atom is -0.469 e.